The highest BCUT2D eigenvalue weighted by atomic mass is 16.2. The van der Waals surface area contributed by atoms with Crippen molar-refractivity contribution < 1.29 is 9.59 Å². The van der Waals surface area contributed by atoms with Crippen LogP contribution >= 0.6 is 0 Å². The van der Waals surface area contributed by atoms with E-state index in [0.717, 1.165) is 35.1 Å². The minimum absolute atomic E-state index is 0.000256. The third-order valence-corrected chi connectivity index (χ3v) is 7.15. The van der Waals surface area contributed by atoms with Gasteiger partial charge in [-0.3, -0.25) is 9.59 Å². The maximum Gasteiger partial charge on any atom is 0.243 e. The Morgan fingerprint density at radius 3 is 2.16 bits per heavy atom. The van der Waals surface area contributed by atoms with Gasteiger partial charge in [-0.1, -0.05) is 113 Å². The maximum absolute atomic E-state index is 13.9. The van der Waals surface area contributed by atoms with E-state index in [-0.39, 0.29) is 17.2 Å². The molecule has 0 heterocycles. The largest absolute Gasteiger partial charge is 0.354 e. The van der Waals surface area contributed by atoms with Crippen molar-refractivity contribution in [1.29, 1.82) is 0 Å². The van der Waals surface area contributed by atoms with Crippen molar-refractivity contribution in [3.8, 4) is 0 Å². The zero-order chi connectivity index (χ0) is 27.5. The number of benzene rings is 3. The number of nitrogens with zero attached hydrogens (tertiary/aromatic N) is 1. The van der Waals surface area contributed by atoms with E-state index in [4.69, 9.17) is 0 Å². The molecule has 0 saturated carbocycles. The second-order valence-corrected chi connectivity index (χ2v) is 11.2. The average Bonchev–Trinajstić information content (AvgIpc) is 2.90. The summed E-state index contributed by atoms with van der Waals surface area (Å²) in [5.41, 5.74) is 5.73. The van der Waals surface area contributed by atoms with E-state index >= 15 is 0 Å². The topological polar surface area (TPSA) is 49.4 Å². The summed E-state index contributed by atoms with van der Waals surface area (Å²) in [6.45, 7) is 11.8. The first-order valence-corrected chi connectivity index (χ1v) is 13.9. The second kappa shape index (κ2) is 13.9. The fraction of sp³-hybridized carbons (Fsp3) is 0.412. The van der Waals surface area contributed by atoms with Gasteiger partial charge in [0.05, 0.1) is 0 Å². The lowest BCUT2D eigenvalue weighted by Crippen LogP contribution is -2.50. The van der Waals surface area contributed by atoms with Crippen LogP contribution < -0.4 is 5.32 Å². The fourth-order valence-corrected chi connectivity index (χ4v) is 4.60. The minimum atomic E-state index is -0.579. The number of hydrogen-bond acceptors (Lipinski definition) is 2. The van der Waals surface area contributed by atoms with Crippen LogP contribution in [0.5, 0.6) is 0 Å². The summed E-state index contributed by atoms with van der Waals surface area (Å²) in [6.07, 6.45) is 3.40. The Morgan fingerprint density at radius 2 is 1.53 bits per heavy atom. The second-order valence-electron chi connectivity index (χ2n) is 11.2. The van der Waals surface area contributed by atoms with E-state index in [0.29, 0.717) is 32.4 Å². The number of amides is 2. The van der Waals surface area contributed by atoms with Crippen LogP contribution in [-0.2, 0) is 34.4 Å². The minimum Gasteiger partial charge on any atom is -0.354 e. The van der Waals surface area contributed by atoms with Gasteiger partial charge in [0, 0.05) is 25.9 Å². The summed E-state index contributed by atoms with van der Waals surface area (Å²) in [7, 11) is 0. The van der Waals surface area contributed by atoms with Crippen LogP contribution in [-0.4, -0.2) is 29.3 Å². The molecule has 0 radical (unpaired) electrons. The zero-order valence-corrected chi connectivity index (χ0v) is 23.8. The van der Waals surface area contributed by atoms with Crippen LogP contribution in [0.1, 0.15) is 74.8 Å². The summed E-state index contributed by atoms with van der Waals surface area (Å²) in [6, 6.07) is 26.1. The molecule has 1 atom stereocenters. The first-order valence-electron chi connectivity index (χ1n) is 13.9. The third kappa shape index (κ3) is 8.58. The predicted molar refractivity (Wildman–Crippen MR) is 157 cm³/mol. The summed E-state index contributed by atoms with van der Waals surface area (Å²) in [4.78, 5) is 29.2. The number of unbranched alkanes of at least 4 members (excludes halogenated alkanes) is 1. The van der Waals surface area contributed by atoms with Gasteiger partial charge in [0.1, 0.15) is 6.04 Å². The molecule has 4 nitrogen and oxygen atoms in total. The van der Waals surface area contributed by atoms with Crippen molar-refractivity contribution in [2.45, 2.75) is 84.7 Å². The van der Waals surface area contributed by atoms with Crippen LogP contribution in [0, 0.1) is 6.92 Å². The molecule has 1 N–H and O–H groups in total. The van der Waals surface area contributed by atoms with Gasteiger partial charge in [-0.05, 0) is 53.0 Å². The summed E-state index contributed by atoms with van der Waals surface area (Å²) >= 11 is 0. The normalized spacial score (nSPS) is 12.1. The third-order valence-electron chi connectivity index (χ3n) is 7.15. The monoisotopic (exact) mass is 512 g/mol. The number of carbonyl (C=O) groups is 2. The van der Waals surface area contributed by atoms with Gasteiger partial charge < -0.3 is 10.2 Å². The van der Waals surface area contributed by atoms with Crippen molar-refractivity contribution >= 4 is 11.8 Å². The van der Waals surface area contributed by atoms with E-state index in [2.05, 4.69) is 76.3 Å². The molecule has 3 aromatic rings. The molecule has 0 aliphatic carbocycles. The van der Waals surface area contributed by atoms with E-state index < -0.39 is 6.04 Å². The Kier molecular flexibility index (Phi) is 10.7. The Labute approximate surface area is 229 Å². The summed E-state index contributed by atoms with van der Waals surface area (Å²) in [5.74, 6) is -0.0847. The van der Waals surface area contributed by atoms with Gasteiger partial charge in [0.25, 0.3) is 0 Å². The van der Waals surface area contributed by atoms with Gasteiger partial charge in [0.2, 0.25) is 11.8 Å². The Balaban J connectivity index is 1.87. The fourth-order valence-electron chi connectivity index (χ4n) is 4.60. The molecular weight excluding hydrogens is 468 g/mol. The molecule has 0 spiro atoms. The van der Waals surface area contributed by atoms with Gasteiger partial charge in [0.15, 0.2) is 0 Å². The highest BCUT2D eigenvalue weighted by Gasteiger charge is 2.30. The van der Waals surface area contributed by atoms with E-state index in [1.807, 2.05) is 42.5 Å². The molecule has 202 valence electrons. The molecule has 2 amide bonds. The van der Waals surface area contributed by atoms with Crippen LogP contribution in [0.4, 0.5) is 0 Å². The smallest absolute Gasteiger partial charge is 0.243 e. The lowest BCUT2D eigenvalue weighted by molar-refractivity contribution is -0.141. The first-order chi connectivity index (χ1) is 18.2. The van der Waals surface area contributed by atoms with Gasteiger partial charge in [-0.2, -0.15) is 0 Å². The molecule has 0 saturated heterocycles. The number of rotatable bonds is 12. The zero-order valence-electron chi connectivity index (χ0n) is 23.8. The van der Waals surface area contributed by atoms with Crippen molar-refractivity contribution in [1.82, 2.24) is 10.2 Å². The van der Waals surface area contributed by atoms with Crippen LogP contribution in [0.25, 0.3) is 0 Å². The Hall–Kier alpha value is -3.40. The SMILES string of the molecule is CCCCNC(=O)[C@H](Cc1ccccc1)N(Cc1ccccc1C)C(=O)CCc1ccc(C(C)(C)C)cc1. The van der Waals surface area contributed by atoms with Crippen molar-refractivity contribution in [2.24, 2.45) is 0 Å². The van der Waals surface area contributed by atoms with Crippen molar-refractivity contribution in [3.63, 3.8) is 0 Å². The van der Waals surface area contributed by atoms with Crippen LogP contribution in [0.2, 0.25) is 0 Å². The number of nitrogens with one attached hydrogen (secondary N) is 1. The summed E-state index contributed by atoms with van der Waals surface area (Å²) < 4.78 is 0. The van der Waals surface area contributed by atoms with E-state index in [9.17, 15) is 9.59 Å². The Morgan fingerprint density at radius 1 is 0.868 bits per heavy atom. The molecule has 4 heteroatoms. The molecule has 0 aliphatic heterocycles. The quantitative estimate of drug-likeness (QED) is 0.272. The average molecular weight is 513 g/mol. The molecule has 0 unspecified atom stereocenters. The number of hydrogen-bond donors (Lipinski definition) is 1. The standard InChI is InChI=1S/C34H44N2O2/c1-6-7-23-35-33(38)31(24-28-14-9-8-10-15-28)36(25-29-16-12-11-13-26(29)2)32(37)22-19-27-17-20-30(21-18-27)34(3,4)5/h8-18,20-21,31H,6-7,19,22-25H2,1-5H3,(H,35,38)/t31-/m0/s1. The van der Waals surface area contributed by atoms with Gasteiger partial charge in [-0.25, -0.2) is 0 Å². The van der Waals surface area contributed by atoms with Crippen LogP contribution in [0.3, 0.4) is 0 Å². The van der Waals surface area contributed by atoms with Crippen LogP contribution in [0.15, 0.2) is 78.9 Å². The molecule has 3 aromatic carbocycles. The lowest BCUT2D eigenvalue weighted by Gasteiger charge is -2.32. The van der Waals surface area contributed by atoms with Gasteiger partial charge >= 0.3 is 0 Å². The highest BCUT2D eigenvalue weighted by molar-refractivity contribution is 5.88. The highest BCUT2D eigenvalue weighted by Crippen LogP contribution is 2.23. The lowest BCUT2D eigenvalue weighted by atomic mass is 9.86. The van der Waals surface area contributed by atoms with E-state index in [1.54, 1.807) is 4.90 Å². The van der Waals surface area contributed by atoms with Crippen molar-refractivity contribution in [2.75, 3.05) is 6.54 Å². The van der Waals surface area contributed by atoms with E-state index in [1.165, 1.54) is 5.56 Å². The number of carbonyl (C=O) groups excluding carboxylic acids is 2. The summed E-state index contributed by atoms with van der Waals surface area (Å²) in [5, 5.41) is 3.10. The molecule has 3 rings (SSSR count). The van der Waals surface area contributed by atoms with Gasteiger partial charge in [-0.15, -0.1) is 0 Å². The predicted octanol–water partition coefficient (Wildman–Crippen LogP) is 6.78. The molecule has 0 aliphatic rings. The van der Waals surface area contributed by atoms with Crippen molar-refractivity contribution in [3.05, 3.63) is 107 Å². The first kappa shape index (κ1) is 29.2. The maximum atomic E-state index is 13.9. The molecule has 38 heavy (non-hydrogen) atoms. The molecule has 0 aromatic heterocycles. The number of aryl methyl sites for hydroxylation is 2. The Bertz CT molecular complexity index is 1160. The molecular formula is C34H44N2O2. The molecule has 0 bridgehead atoms. The molecule has 0 fully saturated rings.